The number of carbonyl (C=O) groups excluding carboxylic acids is 1. The minimum absolute atomic E-state index is 0.138. The van der Waals surface area contributed by atoms with Gasteiger partial charge in [0.05, 0.1) is 12.1 Å². The van der Waals surface area contributed by atoms with E-state index in [9.17, 15) is 9.18 Å². The largest absolute Gasteiger partial charge is 0.311 e. The third kappa shape index (κ3) is 3.40. The summed E-state index contributed by atoms with van der Waals surface area (Å²) < 4.78 is 14.5. The summed E-state index contributed by atoms with van der Waals surface area (Å²) in [5.41, 5.74) is 1.64. The van der Waals surface area contributed by atoms with Crippen molar-refractivity contribution in [3.63, 3.8) is 0 Å². The Labute approximate surface area is 111 Å². The summed E-state index contributed by atoms with van der Waals surface area (Å²) in [6, 6.07) is 7.74. The number of benzene rings is 1. The predicted octanol–water partition coefficient (Wildman–Crippen LogP) is 2.53. The Kier molecular flexibility index (Phi) is 3.94. The first-order chi connectivity index (χ1) is 9.08. The quantitative estimate of drug-likeness (QED) is 0.919. The molecule has 0 unspecified atom stereocenters. The van der Waals surface area contributed by atoms with Crippen molar-refractivity contribution in [2.45, 2.75) is 26.8 Å². The molecule has 0 bridgehead atoms. The van der Waals surface area contributed by atoms with Crippen molar-refractivity contribution in [1.29, 1.82) is 0 Å². The van der Waals surface area contributed by atoms with Crippen molar-refractivity contribution < 1.29 is 9.18 Å². The van der Waals surface area contributed by atoms with Crippen molar-refractivity contribution in [3.05, 3.63) is 47.4 Å². The highest BCUT2D eigenvalue weighted by Gasteiger charge is 2.09. The third-order valence-corrected chi connectivity index (χ3v) is 2.75. The first-order valence-electron chi connectivity index (χ1n) is 6.17. The van der Waals surface area contributed by atoms with Crippen LogP contribution in [0.4, 0.5) is 10.2 Å². The van der Waals surface area contributed by atoms with Crippen LogP contribution in [0.2, 0.25) is 0 Å². The number of amides is 1. The van der Waals surface area contributed by atoms with E-state index in [2.05, 4.69) is 10.4 Å². The van der Waals surface area contributed by atoms with Gasteiger partial charge in [-0.15, -0.1) is 0 Å². The average Bonchev–Trinajstić information content (AvgIpc) is 2.72. The molecule has 19 heavy (non-hydrogen) atoms. The van der Waals surface area contributed by atoms with Gasteiger partial charge in [-0.2, -0.15) is 5.10 Å². The van der Waals surface area contributed by atoms with E-state index in [1.54, 1.807) is 16.8 Å². The van der Waals surface area contributed by atoms with E-state index < -0.39 is 0 Å². The van der Waals surface area contributed by atoms with Gasteiger partial charge >= 0.3 is 0 Å². The van der Waals surface area contributed by atoms with Gasteiger partial charge in [0, 0.05) is 12.6 Å². The Bertz CT molecular complexity index is 575. The number of hydrogen-bond donors (Lipinski definition) is 1. The monoisotopic (exact) mass is 261 g/mol. The normalized spacial score (nSPS) is 10.5. The summed E-state index contributed by atoms with van der Waals surface area (Å²) in [4.78, 5) is 11.9. The standard InChI is InChI=1S/C14H16FN3O/c1-3-18-13(8-10(2)17-18)16-14(19)9-11-4-6-12(15)7-5-11/h4-8H,3,9H2,1-2H3,(H,16,19). The number of rotatable bonds is 4. The molecule has 0 radical (unpaired) electrons. The summed E-state index contributed by atoms with van der Waals surface area (Å²) >= 11 is 0. The summed E-state index contributed by atoms with van der Waals surface area (Å²) in [6.45, 7) is 4.53. The lowest BCUT2D eigenvalue weighted by molar-refractivity contribution is -0.115. The maximum absolute atomic E-state index is 12.8. The van der Waals surface area contributed by atoms with Crippen LogP contribution in [0.15, 0.2) is 30.3 Å². The molecule has 5 heteroatoms. The van der Waals surface area contributed by atoms with Crippen molar-refractivity contribution in [2.75, 3.05) is 5.32 Å². The smallest absolute Gasteiger partial charge is 0.229 e. The summed E-state index contributed by atoms with van der Waals surface area (Å²) in [7, 11) is 0. The minimum Gasteiger partial charge on any atom is -0.311 e. The average molecular weight is 261 g/mol. The van der Waals surface area contributed by atoms with E-state index >= 15 is 0 Å². The minimum atomic E-state index is -0.302. The van der Waals surface area contributed by atoms with Crippen molar-refractivity contribution in [1.82, 2.24) is 9.78 Å². The molecular weight excluding hydrogens is 245 g/mol. The summed E-state index contributed by atoms with van der Waals surface area (Å²) in [6.07, 6.45) is 0.216. The van der Waals surface area contributed by atoms with Gasteiger partial charge < -0.3 is 5.32 Å². The van der Waals surface area contributed by atoms with Gasteiger partial charge in [0.2, 0.25) is 5.91 Å². The molecule has 0 aliphatic heterocycles. The van der Waals surface area contributed by atoms with Crippen LogP contribution in [0.3, 0.4) is 0 Å². The molecule has 0 aliphatic rings. The molecule has 1 aromatic heterocycles. The Balaban J connectivity index is 2.03. The second-order valence-electron chi connectivity index (χ2n) is 4.34. The van der Waals surface area contributed by atoms with E-state index in [1.165, 1.54) is 12.1 Å². The van der Waals surface area contributed by atoms with Gasteiger partial charge in [0.15, 0.2) is 0 Å². The lowest BCUT2D eigenvalue weighted by Crippen LogP contribution is -2.17. The molecule has 0 fully saturated rings. The topological polar surface area (TPSA) is 46.9 Å². The highest BCUT2D eigenvalue weighted by molar-refractivity contribution is 5.91. The van der Waals surface area contributed by atoms with Crippen LogP contribution in [0.25, 0.3) is 0 Å². The summed E-state index contributed by atoms with van der Waals surface area (Å²) in [5.74, 6) is 0.247. The van der Waals surface area contributed by atoms with Gasteiger partial charge in [-0.05, 0) is 31.5 Å². The number of nitrogens with zero attached hydrogens (tertiary/aromatic N) is 2. The highest BCUT2D eigenvalue weighted by Crippen LogP contribution is 2.11. The van der Waals surface area contributed by atoms with Crippen LogP contribution in [0.5, 0.6) is 0 Å². The molecule has 0 spiro atoms. The second-order valence-corrected chi connectivity index (χ2v) is 4.34. The van der Waals surface area contributed by atoms with E-state index in [-0.39, 0.29) is 18.1 Å². The molecule has 1 amide bonds. The molecule has 1 N–H and O–H groups in total. The van der Waals surface area contributed by atoms with Crippen LogP contribution in [0, 0.1) is 12.7 Å². The molecule has 0 atom stereocenters. The first-order valence-corrected chi connectivity index (χ1v) is 6.17. The molecule has 4 nitrogen and oxygen atoms in total. The Hall–Kier alpha value is -2.17. The van der Waals surface area contributed by atoms with Crippen LogP contribution in [-0.4, -0.2) is 15.7 Å². The third-order valence-electron chi connectivity index (χ3n) is 2.75. The molecule has 0 saturated carbocycles. The number of nitrogens with one attached hydrogen (secondary N) is 1. The number of halogens is 1. The van der Waals surface area contributed by atoms with E-state index in [0.29, 0.717) is 12.4 Å². The number of anilines is 1. The summed E-state index contributed by atoms with van der Waals surface area (Å²) in [5, 5.41) is 7.07. The van der Waals surface area contributed by atoms with Crippen LogP contribution in [0.1, 0.15) is 18.2 Å². The van der Waals surface area contributed by atoms with Gasteiger partial charge in [0.25, 0.3) is 0 Å². The molecule has 1 heterocycles. The lowest BCUT2D eigenvalue weighted by atomic mass is 10.1. The zero-order valence-corrected chi connectivity index (χ0v) is 11.0. The Morgan fingerprint density at radius 2 is 2.05 bits per heavy atom. The fraction of sp³-hybridized carbons (Fsp3) is 0.286. The molecule has 0 saturated heterocycles. The predicted molar refractivity (Wildman–Crippen MR) is 71.4 cm³/mol. The van der Waals surface area contributed by atoms with Gasteiger partial charge in [-0.1, -0.05) is 12.1 Å². The van der Waals surface area contributed by atoms with E-state index in [4.69, 9.17) is 0 Å². The number of carbonyl (C=O) groups is 1. The molecule has 0 aliphatic carbocycles. The fourth-order valence-electron chi connectivity index (χ4n) is 1.86. The van der Waals surface area contributed by atoms with Crippen LogP contribution >= 0.6 is 0 Å². The lowest BCUT2D eigenvalue weighted by Gasteiger charge is -2.06. The van der Waals surface area contributed by atoms with Gasteiger partial charge in [-0.25, -0.2) is 9.07 Å². The Morgan fingerprint density at radius 3 is 2.68 bits per heavy atom. The molecular formula is C14H16FN3O. The van der Waals surface area contributed by atoms with Crippen LogP contribution < -0.4 is 5.32 Å². The number of aromatic nitrogens is 2. The molecule has 2 aromatic rings. The highest BCUT2D eigenvalue weighted by atomic mass is 19.1. The fourth-order valence-corrected chi connectivity index (χ4v) is 1.86. The maximum Gasteiger partial charge on any atom is 0.229 e. The molecule has 1 aromatic carbocycles. The van der Waals surface area contributed by atoms with Crippen LogP contribution in [-0.2, 0) is 17.8 Å². The first kappa shape index (κ1) is 13.3. The zero-order valence-electron chi connectivity index (χ0n) is 11.0. The SMILES string of the molecule is CCn1nc(C)cc1NC(=O)Cc1ccc(F)cc1. The van der Waals surface area contributed by atoms with Gasteiger partial charge in [0.1, 0.15) is 11.6 Å². The molecule has 100 valence electrons. The van der Waals surface area contributed by atoms with E-state index in [0.717, 1.165) is 11.3 Å². The van der Waals surface area contributed by atoms with Crippen molar-refractivity contribution in [2.24, 2.45) is 0 Å². The maximum atomic E-state index is 12.8. The Morgan fingerprint density at radius 1 is 1.37 bits per heavy atom. The van der Waals surface area contributed by atoms with Crippen molar-refractivity contribution in [3.8, 4) is 0 Å². The second kappa shape index (κ2) is 5.65. The van der Waals surface area contributed by atoms with Crippen molar-refractivity contribution >= 4 is 11.7 Å². The number of aryl methyl sites for hydroxylation is 2. The number of hydrogen-bond acceptors (Lipinski definition) is 2. The van der Waals surface area contributed by atoms with E-state index in [1.807, 2.05) is 19.9 Å². The molecule has 2 rings (SSSR count). The zero-order chi connectivity index (χ0) is 13.8. The van der Waals surface area contributed by atoms with Gasteiger partial charge in [-0.3, -0.25) is 4.79 Å².